The number of hydrogen-bond donors (Lipinski definition) is 1. The molecule has 5 heteroatoms. The number of nitrogens with one attached hydrogen (secondary N) is 1. The highest BCUT2D eigenvalue weighted by Gasteiger charge is 2.43. The van der Waals surface area contributed by atoms with E-state index < -0.39 is 17.8 Å². The molecule has 88 valence electrons. The van der Waals surface area contributed by atoms with Crippen molar-refractivity contribution < 1.29 is 18.3 Å². The quantitative estimate of drug-likeness (QED) is 0.732. The molecule has 0 amide bonds. The number of halogens is 2. The van der Waals surface area contributed by atoms with E-state index >= 15 is 0 Å². The number of rotatable bonds is 4. The van der Waals surface area contributed by atoms with Gasteiger partial charge in [-0.25, -0.2) is 8.78 Å². The van der Waals surface area contributed by atoms with E-state index in [-0.39, 0.29) is 13.0 Å². The summed E-state index contributed by atoms with van der Waals surface area (Å²) in [4.78, 5) is 11.7. The van der Waals surface area contributed by atoms with E-state index in [0.29, 0.717) is 25.9 Å². The number of piperidine rings is 1. The third-order valence-corrected chi connectivity index (χ3v) is 2.81. The SMILES string of the molecule is CCOC(=O)C1(CC(F)F)CCNCC1. The van der Waals surface area contributed by atoms with Crippen molar-refractivity contribution in [3.63, 3.8) is 0 Å². The first kappa shape index (κ1) is 12.4. The fraction of sp³-hybridized carbons (Fsp3) is 0.900. The average molecular weight is 221 g/mol. The molecule has 1 rings (SSSR count). The van der Waals surface area contributed by atoms with Gasteiger partial charge < -0.3 is 10.1 Å². The second-order valence-corrected chi connectivity index (χ2v) is 3.85. The maximum Gasteiger partial charge on any atom is 0.312 e. The Kier molecular flexibility index (Phi) is 4.45. The van der Waals surface area contributed by atoms with Crippen molar-refractivity contribution >= 4 is 5.97 Å². The molecule has 0 aliphatic carbocycles. The molecule has 1 aliphatic rings. The van der Waals surface area contributed by atoms with Crippen LogP contribution in [-0.4, -0.2) is 32.1 Å². The number of esters is 1. The van der Waals surface area contributed by atoms with Crippen molar-refractivity contribution in [1.82, 2.24) is 5.32 Å². The van der Waals surface area contributed by atoms with Gasteiger partial charge in [0.1, 0.15) is 0 Å². The predicted octanol–water partition coefficient (Wildman–Crippen LogP) is 1.57. The minimum atomic E-state index is -2.45. The Morgan fingerprint density at radius 3 is 2.53 bits per heavy atom. The summed E-state index contributed by atoms with van der Waals surface area (Å²) in [6.45, 7) is 3.14. The van der Waals surface area contributed by atoms with Gasteiger partial charge in [-0.15, -0.1) is 0 Å². The van der Waals surface area contributed by atoms with Crippen LogP contribution in [0.25, 0.3) is 0 Å². The summed E-state index contributed by atoms with van der Waals surface area (Å²) >= 11 is 0. The van der Waals surface area contributed by atoms with E-state index in [2.05, 4.69) is 5.32 Å². The number of carbonyl (C=O) groups is 1. The van der Waals surface area contributed by atoms with Gasteiger partial charge in [-0.2, -0.15) is 0 Å². The third kappa shape index (κ3) is 3.12. The number of hydrogen-bond acceptors (Lipinski definition) is 3. The Morgan fingerprint density at radius 1 is 1.47 bits per heavy atom. The first-order chi connectivity index (χ1) is 7.10. The molecule has 0 unspecified atom stereocenters. The van der Waals surface area contributed by atoms with E-state index in [1.54, 1.807) is 6.92 Å². The summed E-state index contributed by atoms with van der Waals surface area (Å²) in [5.41, 5.74) is -0.963. The van der Waals surface area contributed by atoms with Crippen LogP contribution in [0.1, 0.15) is 26.2 Å². The Balaban J connectivity index is 2.69. The molecule has 3 nitrogen and oxygen atoms in total. The standard InChI is InChI=1S/C10H17F2NO2/c1-2-15-9(14)10(7-8(11)12)3-5-13-6-4-10/h8,13H,2-7H2,1H3. The molecule has 0 aromatic rings. The molecule has 0 aromatic carbocycles. The zero-order chi connectivity index (χ0) is 11.3. The van der Waals surface area contributed by atoms with Crippen LogP contribution >= 0.6 is 0 Å². The van der Waals surface area contributed by atoms with E-state index in [4.69, 9.17) is 4.74 Å². The predicted molar refractivity (Wildman–Crippen MR) is 51.8 cm³/mol. The molecule has 0 radical (unpaired) electrons. The van der Waals surface area contributed by atoms with Gasteiger partial charge in [-0.1, -0.05) is 0 Å². The lowest BCUT2D eigenvalue weighted by Gasteiger charge is -2.34. The Bertz CT molecular complexity index is 215. The zero-order valence-electron chi connectivity index (χ0n) is 8.89. The van der Waals surface area contributed by atoms with E-state index in [1.165, 1.54) is 0 Å². The summed E-state index contributed by atoms with van der Waals surface area (Å²) < 4.78 is 29.8. The molecular weight excluding hydrogens is 204 g/mol. The van der Waals surface area contributed by atoms with Crippen molar-refractivity contribution in [1.29, 1.82) is 0 Å². The number of carbonyl (C=O) groups excluding carboxylic acids is 1. The Morgan fingerprint density at radius 2 is 2.07 bits per heavy atom. The molecule has 0 aromatic heterocycles. The third-order valence-electron chi connectivity index (χ3n) is 2.81. The van der Waals surface area contributed by atoms with E-state index in [1.807, 2.05) is 0 Å². The molecule has 0 saturated carbocycles. The molecule has 0 spiro atoms. The highest BCUT2D eigenvalue weighted by atomic mass is 19.3. The minimum Gasteiger partial charge on any atom is -0.466 e. The maximum atomic E-state index is 12.4. The van der Waals surface area contributed by atoms with E-state index in [0.717, 1.165) is 0 Å². The normalized spacial score (nSPS) is 20.3. The van der Waals surface area contributed by atoms with Crippen LogP contribution in [0.15, 0.2) is 0 Å². The first-order valence-electron chi connectivity index (χ1n) is 5.27. The molecule has 15 heavy (non-hydrogen) atoms. The van der Waals surface area contributed by atoms with Crippen molar-refractivity contribution in [3.05, 3.63) is 0 Å². The van der Waals surface area contributed by atoms with Crippen molar-refractivity contribution in [2.24, 2.45) is 5.41 Å². The van der Waals surface area contributed by atoms with Gasteiger partial charge in [-0.05, 0) is 32.9 Å². The maximum absolute atomic E-state index is 12.4. The van der Waals surface area contributed by atoms with Crippen LogP contribution in [0, 0.1) is 5.41 Å². The van der Waals surface area contributed by atoms with Crippen LogP contribution in [0.2, 0.25) is 0 Å². The van der Waals surface area contributed by atoms with Crippen LogP contribution in [0.5, 0.6) is 0 Å². The largest absolute Gasteiger partial charge is 0.466 e. The second-order valence-electron chi connectivity index (χ2n) is 3.85. The van der Waals surface area contributed by atoms with Crippen molar-refractivity contribution in [3.8, 4) is 0 Å². The summed E-state index contributed by atoms with van der Waals surface area (Å²) in [7, 11) is 0. The lowest BCUT2D eigenvalue weighted by Crippen LogP contribution is -2.44. The Hall–Kier alpha value is -0.710. The summed E-state index contributed by atoms with van der Waals surface area (Å²) in [5, 5.41) is 3.06. The van der Waals surface area contributed by atoms with Gasteiger partial charge in [0.25, 0.3) is 0 Å². The monoisotopic (exact) mass is 221 g/mol. The van der Waals surface area contributed by atoms with Gasteiger partial charge in [0.15, 0.2) is 0 Å². The van der Waals surface area contributed by atoms with Crippen LogP contribution in [-0.2, 0) is 9.53 Å². The van der Waals surface area contributed by atoms with Crippen LogP contribution in [0.3, 0.4) is 0 Å². The molecule has 0 atom stereocenters. The lowest BCUT2D eigenvalue weighted by atomic mass is 9.76. The fourth-order valence-electron chi connectivity index (χ4n) is 1.98. The number of alkyl halides is 2. The molecular formula is C10H17F2NO2. The minimum absolute atomic E-state index is 0.247. The fourth-order valence-corrected chi connectivity index (χ4v) is 1.98. The summed E-state index contributed by atoms with van der Waals surface area (Å²) in [6, 6.07) is 0. The second kappa shape index (κ2) is 5.39. The molecule has 1 saturated heterocycles. The van der Waals surface area contributed by atoms with Crippen LogP contribution < -0.4 is 5.32 Å². The Labute approximate surface area is 88.2 Å². The summed E-state index contributed by atoms with van der Waals surface area (Å²) in [5.74, 6) is -0.466. The topological polar surface area (TPSA) is 38.3 Å². The highest BCUT2D eigenvalue weighted by Crippen LogP contribution is 2.36. The van der Waals surface area contributed by atoms with Gasteiger partial charge in [-0.3, -0.25) is 4.79 Å². The average Bonchev–Trinajstić information content (AvgIpc) is 2.18. The van der Waals surface area contributed by atoms with Crippen molar-refractivity contribution in [2.75, 3.05) is 19.7 Å². The molecule has 1 aliphatic heterocycles. The molecule has 0 bridgehead atoms. The smallest absolute Gasteiger partial charge is 0.312 e. The first-order valence-corrected chi connectivity index (χ1v) is 5.27. The van der Waals surface area contributed by atoms with E-state index in [9.17, 15) is 13.6 Å². The van der Waals surface area contributed by atoms with Gasteiger partial charge >= 0.3 is 5.97 Å². The van der Waals surface area contributed by atoms with Crippen molar-refractivity contribution in [2.45, 2.75) is 32.6 Å². The molecule has 1 heterocycles. The van der Waals surface area contributed by atoms with Crippen LogP contribution in [0.4, 0.5) is 8.78 Å². The van der Waals surface area contributed by atoms with Gasteiger partial charge in [0.05, 0.1) is 12.0 Å². The zero-order valence-corrected chi connectivity index (χ0v) is 8.89. The molecule has 1 fully saturated rings. The highest BCUT2D eigenvalue weighted by molar-refractivity contribution is 5.77. The lowest BCUT2D eigenvalue weighted by molar-refractivity contribution is -0.160. The van der Waals surface area contributed by atoms with Gasteiger partial charge in [0, 0.05) is 6.42 Å². The summed E-state index contributed by atoms with van der Waals surface area (Å²) in [6.07, 6.45) is -1.95. The molecule has 1 N–H and O–H groups in total. The van der Waals surface area contributed by atoms with Gasteiger partial charge in [0.2, 0.25) is 6.43 Å². The number of ether oxygens (including phenoxy) is 1.